The van der Waals surface area contributed by atoms with E-state index in [2.05, 4.69) is 102 Å². The number of benzene rings is 6. The number of nitrogens with zero attached hydrogens (tertiary/aromatic N) is 3. The van der Waals surface area contributed by atoms with E-state index < -0.39 is 0 Å². The lowest BCUT2D eigenvalue weighted by atomic mass is 9.91. The van der Waals surface area contributed by atoms with E-state index in [0.717, 1.165) is 39.3 Å². The van der Waals surface area contributed by atoms with E-state index in [9.17, 15) is 0 Å². The molecule has 2 heterocycles. The summed E-state index contributed by atoms with van der Waals surface area (Å²) in [4.78, 5) is 14.8. The number of pyridine rings is 1. The molecule has 0 radical (unpaired) electrons. The van der Waals surface area contributed by atoms with Crippen molar-refractivity contribution >= 4 is 32.3 Å². The lowest BCUT2D eigenvalue weighted by Crippen LogP contribution is -1.97. The molecule has 0 saturated carbocycles. The minimum Gasteiger partial charge on any atom is -0.256 e. The smallest absolute Gasteiger partial charge is 0.160 e. The van der Waals surface area contributed by atoms with Gasteiger partial charge in [0, 0.05) is 28.5 Å². The van der Waals surface area contributed by atoms with Crippen LogP contribution in [0.25, 0.3) is 77.5 Å². The summed E-state index contributed by atoms with van der Waals surface area (Å²) in [5.41, 5.74) is 6.91. The molecule has 40 heavy (non-hydrogen) atoms. The molecule has 0 aliphatic carbocycles. The molecule has 186 valence electrons. The van der Waals surface area contributed by atoms with Crippen molar-refractivity contribution < 1.29 is 0 Å². The molecule has 8 rings (SSSR count). The van der Waals surface area contributed by atoms with Gasteiger partial charge in [-0.1, -0.05) is 109 Å². The third kappa shape index (κ3) is 3.71. The predicted molar refractivity (Wildman–Crippen MR) is 165 cm³/mol. The lowest BCUT2D eigenvalue weighted by molar-refractivity contribution is 1.18. The molecule has 3 nitrogen and oxygen atoms in total. The van der Waals surface area contributed by atoms with E-state index in [1.165, 1.54) is 32.3 Å². The fourth-order valence-corrected chi connectivity index (χ4v) is 5.78. The topological polar surface area (TPSA) is 38.7 Å². The largest absolute Gasteiger partial charge is 0.256 e. The minimum atomic E-state index is 0.710. The molecule has 0 atom stereocenters. The average Bonchev–Trinajstić information content (AvgIpc) is 3.04. The molecule has 0 amide bonds. The van der Waals surface area contributed by atoms with Gasteiger partial charge in [-0.15, -0.1) is 0 Å². The van der Waals surface area contributed by atoms with Gasteiger partial charge in [0.1, 0.15) is 0 Å². The minimum absolute atomic E-state index is 0.710. The first-order chi connectivity index (χ1) is 19.8. The van der Waals surface area contributed by atoms with Crippen LogP contribution >= 0.6 is 0 Å². The second-order valence-corrected chi connectivity index (χ2v) is 10.1. The zero-order valence-electron chi connectivity index (χ0n) is 21.6. The summed E-state index contributed by atoms with van der Waals surface area (Å²) >= 11 is 0. The molecule has 3 heteroatoms. The maximum Gasteiger partial charge on any atom is 0.160 e. The van der Waals surface area contributed by atoms with Crippen LogP contribution < -0.4 is 0 Å². The van der Waals surface area contributed by atoms with Crippen LogP contribution in [0.5, 0.6) is 0 Å². The molecule has 0 fully saturated rings. The van der Waals surface area contributed by atoms with Gasteiger partial charge >= 0.3 is 0 Å². The Hall–Kier alpha value is -5.41. The molecule has 0 bridgehead atoms. The maximum atomic E-state index is 5.14. The Kier molecular flexibility index (Phi) is 5.14. The van der Waals surface area contributed by atoms with Gasteiger partial charge in [-0.3, -0.25) is 4.98 Å². The van der Waals surface area contributed by atoms with Crippen LogP contribution in [0.4, 0.5) is 0 Å². The van der Waals surface area contributed by atoms with E-state index in [1.54, 1.807) is 0 Å². The van der Waals surface area contributed by atoms with Crippen LogP contribution in [0.15, 0.2) is 140 Å². The van der Waals surface area contributed by atoms with Crippen molar-refractivity contribution in [1.29, 1.82) is 0 Å². The van der Waals surface area contributed by atoms with Gasteiger partial charge < -0.3 is 0 Å². The highest BCUT2D eigenvalue weighted by atomic mass is 14.9. The lowest BCUT2D eigenvalue weighted by Gasteiger charge is -2.15. The molecule has 0 saturated heterocycles. The first kappa shape index (κ1) is 22.6. The zero-order chi connectivity index (χ0) is 26.5. The fraction of sp³-hybridized carbons (Fsp3) is 0. The van der Waals surface area contributed by atoms with Crippen molar-refractivity contribution in [2.45, 2.75) is 0 Å². The van der Waals surface area contributed by atoms with Crippen LogP contribution in [0, 0.1) is 0 Å². The molecule has 0 aliphatic rings. The van der Waals surface area contributed by atoms with Gasteiger partial charge in [-0.05, 0) is 56.6 Å². The Morgan fingerprint density at radius 3 is 1.85 bits per heavy atom. The van der Waals surface area contributed by atoms with Crippen LogP contribution in [-0.2, 0) is 0 Å². The van der Waals surface area contributed by atoms with Gasteiger partial charge in [0.15, 0.2) is 5.82 Å². The van der Waals surface area contributed by atoms with E-state index in [0.29, 0.717) is 5.82 Å². The Bertz CT molecular complexity index is 2140. The number of rotatable bonds is 4. The van der Waals surface area contributed by atoms with Crippen molar-refractivity contribution in [3.05, 3.63) is 140 Å². The Morgan fingerprint density at radius 2 is 1.05 bits per heavy atom. The highest BCUT2D eigenvalue weighted by Gasteiger charge is 2.16. The summed E-state index contributed by atoms with van der Waals surface area (Å²) in [5.74, 6) is 0.710. The van der Waals surface area contributed by atoms with E-state index in [1.807, 2.05) is 42.6 Å². The zero-order valence-corrected chi connectivity index (χ0v) is 21.6. The molecule has 6 aromatic carbocycles. The normalized spacial score (nSPS) is 11.5. The maximum absolute atomic E-state index is 5.14. The molecular weight excluding hydrogens is 486 g/mol. The molecular formula is C37H23N3. The summed E-state index contributed by atoms with van der Waals surface area (Å²) in [6, 6.07) is 46.6. The highest BCUT2D eigenvalue weighted by molar-refractivity contribution is 6.25. The van der Waals surface area contributed by atoms with E-state index >= 15 is 0 Å². The molecule has 0 spiro atoms. The van der Waals surface area contributed by atoms with Crippen molar-refractivity contribution in [2.75, 3.05) is 0 Å². The summed E-state index contributed by atoms with van der Waals surface area (Å²) in [5, 5.41) is 7.54. The summed E-state index contributed by atoms with van der Waals surface area (Å²) < 4.78 is 0. The summed E-state index contributed by atoms with van der Waals surface area (Å²) in [6.07, 6.45) is 1.83. The van der Waals surface area contributed by atoms with Gasteiger partial charge in [0.05, 0.1) is 17.1 Å². The Morgan fingerprint density at radius 1 is 0.400 bits per heavy atom. The van der Waals surface area contributed by atoms with Crippen LogP contribution in [-0.4, -0.2) is 15.0 Å². The first-order valence-corrected chi connectivity index (χ1v) is 13.5. The van der Waals surface area contributed by atoms with Gasteiger partial charge in [0.25, 0.3) is 0 Å². The van der Waals surface area contributed by atoms with E-state index in [4.69, 9.17) is 9.97 Å². The first-order valence-electron chi connectivity index (χ1n) is 13.5. The van der Waals surface area contributed by atoms with Crippen LogP contribution in [0.1, 0.15) is 0 Å². The summed E-state index contributed by atoms with van der Waals surface area (Å²) in [7, 11) is 0. The number of hydrogen-bond acceptors (Lipinski definition) is 3. The molecule has 8 aromatic rings. The quantitative estimate of drug-likeness (QED) is 0.222. The van der Waals surface area contributed by atoms with Crippen LogP contribution in [0.2, 0.25) is 0 Å². The number of aromatic nitrogens is 3. The fourth-order valence-electron chi connectivity index (χ4n) is 5.78. The van der Waals surface area contributed by atoms with Gasteiger partial charge in [-0.2, -0.15) is 0 Å². The SMILES string of the molecule is c1ccc(-c2nc(-c3cccc(-c4ccccn4)c3)cc(-c3ccc4ccc5cccc6ccc3c4c56)n2)cc1. The highest BCUT2D eigenvalue weighted by Crippen LogP contribution is 2.40. The van der Waals surface area contributed by atoms with Gasteiger partial charge in [-0.25, -0.2) is 9.97 Å². The van der Waals surface area contributed by atoms with Crippen molar-refractivity contribution in [3.8, 4) is 45.2 Å². The van der Waals surface area contributed by atoms with Gasteiger partial charge in [0.2, 0.25) is 0 Å². The third-order valence-electron chi connectivity index (χ3n) is 7.68. The summed E-state index contributed by atoms with van der Waals surface area (Å²) in [6.45, 7) is 0. The number of hydrogen-bond donors (Lipinski definition) is 0. The molecule has 0 aliphatic heterocycles. The third-order valence-corrected chi connectivity index (χ3v) is 7.68. The van der Waals surface area contributed by atoms with Crippen molar-refractivity contribution in [3.63, 3.8) is 0 Å². The Labute approximate surface area is 231 Å². The van der Waals surface area contributed by atoms with Crippen LogP contribution in [0.3, 0.4) is 0 Å². The standard InChI is InChI=1S/C37H23N3/c1-2-8-27(9-3-1)37-39-33(29-13-7-12-28(22-29)32-14-4-5-21-38-32)23-34(40-37)30-19-17-26-16-15-24-10-6-11-25-18-20-31(30)36(26)35(24)25/h1-23H. The average molecular weight is 510 g/mol. The molecule has 0 N–H and O–H groups in total. The molecule has 0 unspecified atom stereocenters. The van der Waals surface area contributed by atoms with E-state index in [-0.39, 0.29) is 0 Å². The second kappa shape index (κ2) is 9.11. The monoisotopic (exact) mass is 509 g/mol. The predicted octanol–water partition coefficient (Wildman–Crippen LogP) is 9.44. The molecule has 2 aromatic heterocycles. The Balaban J connectivity index is 1.38. The van der Waals surface area contributed by atoms with Crippen molar-refractivity contribution in [2.24, 2.45) is 0 Å². The van der Waals surface area contributed by atoms with Crippen molar-refractivity contribution in [1.82, 2.24) is 15.0 Å². The second-order valence-electron chi connectivity index (χ2n) is 10.1.